The quantitative estimate of drug-likeness (QED) is 0.853. The third kappa shape index (κ3) is 2.97. The van der Waals surface area contributed by atoms with E-state index < -0.39 is 11.7 Å². The fourth-order valence-corrected chi connectivity index (χ4v) is 1.75. The summed E-state index contributed by atoms with van der Waals surface area (Å²) >= 11 is 11.5. The standard InChI is InChI=1S/C12H7Cl2FN2O/c13-9-6-7(15)4-5-8(9)12(18)17-11-3-1-2-10(14)16-11/h1-6H,(H,16,17,18). The Labute approximate surface area is 113 Å². The number of hydrogen-bond acceptors (Lipinski definition) is 2. The van der Waals surface area contributed by atoms with Gasteiger partial charge in [0.15, 0.2) is 0 Å². The van der Waals surface area contributed by atoms with Gasteiger partial charge in [0.05, 0.1) is 10.6 Å². The molecule has 2 rings (SSSR count). The Bertz CT molecular complexity index is 604. The number of pyridine rings is 1. The SMILES string of the molecule is O=C(Nc1cccc(Cl)n1)c1ccc(F)cc1Cl. The summed E-state index contributed by atoms with van der Waals surface area (Å²) in [7, 11) is 0. The van der Waals surface area contributed by atoms with Crippen LogP contribution in [0.2, 0.25) is 10.2 Å². The molecule has 0 radical (unpaired) electrons. The molecule has 1 heterocycles. The van der Waals surface area contributed by atoms with Crippen LogP contribution in [0.4, 0.5) is 10.2 Å². The molecule has 3 nitrogen and oxygen atoms in total. The van der Waals surface area contributed by atoms with Gasteiger partial charge in [-0.1, -0.05) is 29.3 Å². The number of benzene rings is 1. The highest BCUT2D eigenvalue weighted by molar-refractivity contribution is 6.34. The number of nitrogens with one attached hydrogen (secondary N) is 1. The van der Waals surface area contributed by atoms with E-state index in [9.17, 15) is 9.18 Å². The van der Waals surface area contributed by atoms with E-state index in [1.165, 1.54) is 6.07 Å². The average Bonchev–Trinajstić information content (AvgIpc) is 2.28. The molecule has 0 spiro atoms. The van der Waals surface area contributed by atoms with Crippen LogP contribution in [0, 0.1) is 5.82 Å². The predicted molar refractivity (Wildman–Crippen MR) is 68.6 cm³/mol. The summed E-state index contributed by atoms with van der Waals surface area (Å²) in [6, 6.07) is 8.35. The highest BCUT2D eigenvalue weighted by Crippen LogP contribution is 2.19. The maximum absolute atomic E-state index is 12.8. The van der Waals surface area contributed by atoms with Crippen molar-refractivity contribution in [3.63, 3.8) is 0 Å². The Morgan fingerprint density at radius 2 is 2.00 bits per heavy atom. The minimum absolute atomic E-state index is 0.0366. The van der Waals surface area contributed by atoms with Gasteiger partial charge in [0.2, 0.25) is 0 Å². The molecule has 2 aromatic rings. The van der Waals surface area contributed by atoms with E-state index in [1.54, 1.807) is 18.2 Å². The van der Waals surface area contributed by atoms with Gasteiger partial charge in [-0.05, 0) is 30.3 Å². The lowest BCUT2D eigenvalue weighted by Gasteiger charge is -2.06. The Hall–Kier alpha value is -1.65. The van der Waals surface area contributed by atoms with Crippen LogP contribution in [0.3, 0.4) is 0 Å². The summed E-state index contributed by atoms with van der Waals surface area (Å²) in [6.07, 6.45) is 0. The van der Waals surface area contributed by atoms with Gasteiger partial charge in [0, 0.05) is 0 Å². The molecule has 1 N–H and O–H groups in total. The first-order valence-electron chi connectivity index (χ1n) is 4.95. The van der Waals surface area contributed by atoms with E-state index in [2.05, 4.69) is 10.3 Å². The summed E-state index contributed by atoms with van der Waals surface area (Å²) in [6.45, 7) is 0. The maximum Gasteiger partial charge on any atom is 0.258 e. The van der Waals surface area contributed by atoms with Crippen LogP contribution < -0.4 is 5.32 Å². The summed E-state index contributed by atoms with van der Waals surface area (Å²) in [5, 5.41) is 2.82. The molecule has 0 saturated heterocycles. The molecule has 18 heavy (non-hydrogen) atoms. The van der Waals surface area contributed by atoms with E-state index in [0.717, 1.165) is 12.1 Å². The lowest BCUT2D eigenvalue weighted by molar-refractivity contribution is 0.102. The molecular formula is C12H7Cl2FN2O. The van der Waals surface area contributed by atoms with Gasteiger partial charge in [0.25, 0.3) is 5.91 Å². The fraction of sp³-hybridized carbons (Fsp3) is 0. The van der Waals surface area contributed by atoms with Gasteiger partial charge in [-0.15, -0.1) is 0 Å². The second-order valence-electron chi connectivity index (χ2n) is 3.42. The van der Waals surface area contributed by atoms with Crippen LogP contribution in [-0.4, -0.2) is 10.9 Å². The number of carbonyl (C=O) groups excluding carboxylic acids is 1. The Morgan fingerprint density at radius 3 is 2.67 bits per heavy atom. The molecule has 0 aliphatic carbocycles. The van der Waals surface area contributed by atoms with Gasteiger partial charge in [-0.3, -0.25) is 4.79 Å². The summed E-state index contributed by atoms with van der Waals surface area (Å²) < 4.78 is 12.8. The molecule has 0 unspecified atom stereocenters. The van der Waals surface area contributed by atoms with Crippen molar-refractivity contribution in [2.24, 2.45) is 0 Å². The topological polar surface area (TPSA) is 42.0 Å². The molecule has 0 fully saturated rings. The van der Waals surface area contributed by atoms with Crippen LogP contribution in [0.5, 0.6) is 0 Å². The van der Waals surface area contributed by atoms with Crippen molar-refractivity contribution in [2.45, 2.75) is 0 Å². The Kier molecular flexibility index (Phi) is 3.79. The second kappa shape index (κ2) is 5.33. The molecule has 0 aliphatic rings. The van der Waals surface area contributed by atoms with Crippen molar-refractivity contribution in [3.8, 4) is 0 Å². The van der Waals surface area contributed by atoms with E-state index in [-0.39, 0.29) is 15.7 Å². The minimum atomic E-state index is -0.502. The van der Waals surface area contributed by atoms with Gasteiger partial charge >= 0.3 is 0 Å². The molecule has 6 heteroatoms. The Morgan fingerprint density at radius 1 is 1.22 bits per heavy atom. The zero-order valence-corrected chi connectivity index (χ0v) is 10.5. The lowest BCUT2D eigenvalue weighted by atomic mass is 10.2. The Balaban J connectivity index is 2.22. The number of hydrogen-bond donors (Lipinski definition) is 1. The molecule has 0 aliphatic heterocycles. The van der Waals surface area contributed by atoms with Crippen LogP contribution in [0.25, 0.3) is 0 Å². The van der Waals surface area contributed by atoms with Crippen molar-refractivity contribution >= 4 is 34.9 Å². The largest absolute Gasteiger partial charge is 0.306 e. The molecular weight excluding hydrogens is 278 g/mol. The van der Waals surface area contributed by atoms with Crippen LogP contribution in [0.1, 0.15) is 10.4 Å². The molecule has 1 aromatic heterocycles. The number of nitrogens with zero attached hydrogens (tertiary/aromatic N) is 1. The monoisotopic (exact) mass is 284 g/mol. The highest BCUT2D eigenvalue weighted by atomic mass is 35.5. The predicted octanol–water partition coefficient (Wildman–Crippen LogP) is 3.78. The molecule has 0 saturated carbocycles. The summed E-state index contributed by atoms with van der Waals surface area (Å²) in [5.74, 6) is -0.680. The average molecular weight is 285 g/mol. The van der Waals surface area contributed by atoms with Crippen LogP contribution in [-0.2, 0) is 0 Å². The lowest BCUT2D eigenvalue weighted by Crippen LogP contribution is -2.13. The normalized spacial score (nSPS) is 10.2. The van der Waals surface area contributed by atoms with E-state index in [0.29, 0.717) is 5.82 Å². The number of anilines is 1. The number of amides is 1. The van der Waals surface area contributed by atoms with Crippen LogP contribution >= 0.6 is 23.2 Å². The molecule has 1 aromatic carbocycles. The number of carbonyl (C=O) groups is 1. The van der Waals surface area contributed by atoms with Crippen molar-refractivity contribution < 1.29 is 9.18 Å². The fourth-order valence-electron chi connectivity index (χ4n) is 1.34. The zero-order chi connectivity index (χ0) is 13.1. The first kappa shape index (κ1) is 12.8. The highest BCUT2D eigenvalue weighted by Gasteiger charge is 2.11. The molecule has 92 valence electrons. The van der Waals surface area contributed by atoms with E-state index in [4.69, 9.17) is 23.2 Å². The van der Waals surface area contributed by atoms with E-state index in [1.807, 2.05) is 0 Å². The summed E-state index contributed by atoms with van der Waals surface area (Å²) in [5.41, 5.74) is 0.167. The van der Waals surface area contributed by atoms with Crippen molar-refractivity contribution in [1.29, 1.82) is 0 Å². The minimum Gasteiger partial charge on any atom is -0.306 e. The molecule has 1 amide bonds. The third-order valence-corrected chi connectivity index (χ3v) is 2.66. The first-order chi connectivity index (χ1) is 8.56. The van der Waals surface area contributed by atoms with Gasteiger partial charge < -0.3 is 5.32 Å². The van der Waals surface area contributed by atoms with Gasteiger partial charge in [-0.2, -0.15) is 0 Å². The van der Waals surface area contributed by atoms with Gasteiger partial charge in [0.1, 0.15) is 16.8 Å². The first-order valence-corrected chi connectivity index (χ1v) is 5.71. The number of rotatable bonds is 2. The molecule has 0 bridgehead atoms. The third-order valence-electron chi connectivity index (χ3n) is 2.13. The number of halogens is 3. The van der Waals surface area contributed by atoms with E-state index >= 15 is 0 Å². The van der Waals surface area contributed by atoms with Crippen LogP contribution in [0.15, 0.2) is 36.4 Å². The van der Waals surface area contributed by atoms with Crippen molar-refractivity contribution in [1.82, 2.24) is 4.98 Å². The maximum atomic E-state index is 12.8. The van der Waals surface area contributed by atoms with Crippen molar-refractivity contribution in [2.75, 3.05) is 5.32 Å². The number of aromatic nitrogens is 1. The summed E-state index contributed by atoms with van der Waals surface area (Å²) in [4.78, 5) is 15.8. The van der Waals surface area contributed by atoms with Crippen molar-refractivity contribution in [3.05, 3.63) is 58.0 Å². The zero-order valence-electron chi connectivity index (χ0n) is 8.95. The second-order valence-corrected chi connectivity index (χ2v) is 4.22. The molecule has 0 atom stereocenters. The van der Waals surface area contributed by atoms with Gasteiger partial charge in [-0.25, -0.2) is 9.37 Å². The smallest absolute Gasteiger partial charge is 0.258 e.